The average molecular weight is 523 g/mol. The minimum absolute atomic E-state index is 0.00958. The maximum atomic E-state index is 13.3. The Morgan fingerprint density at radius 3 is 2.83 bits per heavy atom. The van der Waals surface area contributed by atoms with E-state index in [1.807, 2.05) is 47.2 Å². The van der Waals surface area contributed by atoms with Crippen LogP contribution in [0.4, 0.5) is 5.13 Å². The molecule has 36 heavy (non-hydrogen) atoms. The molecule has 0 radical (unpaired) electrons. The highest BCUT2D eigenvalue weighted by atomic mass is 32.1. The molecule has 3 amide bonds. The number of para-hydroxylation sites is 1. The van der Waals surface area contributed by atoms with Crippen LogP contribution >= 0.6 is 22.7 Å². The Bertz CT molecular complexity index is 1340. The third-order valence-electron chi connectivity index (χ3n) is 6.10. The average Bonchev–Trinajstić information content (AvgIpc) is 3.67. The molecule has 1 saturated heterocycles. The van der Waals surface area contributed by atoms with Crippen molar-refractivity contribution in [2.24, 2.45) is 0 Å². The van der Waals surface area contributed by atoms with Crippen LogP contribution in [0.2, 0.25) is 0 Å². The Kier molecular flexibility index (Phi) is 7.15. The number of thiophene rings is 1. The van der Waals surface area contributed by atoms with Crippen molar-refractivity contribution in [3.63, 3.8) is 0 Å². The van der Waals surface area contributed by atoms with Crippen molar-refractivity contribution in [2.75, 3.05) is 24.5 Å². The molecule has 1 aliphatic heterocycles. The van der Waals surface area contributed by atoms with Gasteiger partial charge in [0, 0.05) is 49.8 Å². The van der Waals surface area contributed by atoms with Crippen molar-refractivity contribution in [1.82, 2.24) is 15.2 Å². The van der Waals surface area contributed by atoms with E-state index in [1.54, 1.807) is 15.9 Å². The summed E-state index contributed by atoms with van der Waals surface area (Å²) < 4.78 is 5.95. The number of nitrogens with zero attached hydrogens (tertiary/aromatic N) is 3. The molecule has 1 N–H and O–H groups in total. The van der Waals surface area contributed by atoms with Crippen LogP contribution in [0.5, 0.6) is 0 Å². The van der Waals surface area contributed by atoms with Crippen LogP contribution in [0.3, 0.4) is 0 Å². The van der Waals surface area contributed by atoms with Crippen LogP contribution in [-0.2, 0) is 9.59 Å². The molecule has 0 saturated carbocycles. The van der Waals surface area contributed by atoms with Gasteiger partial charge in [0.15, 0.2) is 10.9 Å². The van der Waals surface area contributed by atoms with Crippen molar-refractivity contribution >= 4 is 56.5 Å². The lowest BCUT2D eigenvalue weighted by molar-refractivity contribution is -0.130. The van der Waals surface area contributed by atoms with Gasteiger partial charge in [0.25, 0.3) is 5.91 Å². The van der Waals surface area contributed by atoms with Crippen LogP contribution < -0.4 is 10.2 Å². The Labute approximate surface area is 216 Å². The minimum atomic E-state index is -0.130. The molecule has 4 heterocycles. The summed E-state index contributed by atoms with van der Waals surface area (Å²) in [5.74, 6) is 0.478. The Balaban J connectivity index is 1.28. The maximum Gasteiger partial charge on any atom is 0.270 e. The predicted molar refractivity (Wildman–Crippen MR) is 141 cm³/mol. The van der Waals surface area contributed by atoms with E-state index in [9.17, 15) is 14.4 Å². The normalized spacial score (nSPS) is 15.4. The number of aromatic nitrogens is 1. The van der Waals surface area contributed by atoms with Crippen LogP contribution in [0.25, 0.3) is 22.4 Å². The van der Waals surface area contributed by atoms with E-state index < -0.39 is 0 Å². The van der Waals surface area contributed by atoms with Crippen LogP contribution in [0.1, 0.15) is 35.9 Å². The summed E-state index contributed by atoms with van der Waals surface area (Å²) in [6.45, 7) is 3.03. The number of furan rings is 1. The lowest BCUT2D eigenvalue weighted by atomic mass is 10.2. The molecule has 186 valence electrons. The molecule has 0 bridgehead atoms. The molecule has 10 heteroatoms. The molecular weight excluding hydrogens is 496 g/mol. The van der Waals surface area contributed by atoms with Crippen molar-refractivity contribution < 1.29 is 18.8 Å². The summed E-state index contributed by atoms with van der Waals surface area (Å²) in [4.78, 5) is 46.1. The number of carbonyl (C=O) groups excluding carboxylic acids is 3. The molecule has 0 aliphatic carbocycles. The summed E-state index contributed by atoms with van der Waals surface area (Å²) in [6, 6.07) is 13.4. The third kappa shape index (κ3) is 5.34. The number of rotatable bonds is 8. The molecule has 1 fully saturated rings. The van der Waals surface area contributed by atoms with Crippen molar-refractivity contribution in [3.05, 3.63) is 58.1 Å². The van der Waals surface area contributed by atoms with Gasteiger partial charge in [-0.15, -0.1) is 22.7 Å². The second-order valence-electron chi connectivity index (χ2n) is 8.73. The van der Waals surface area contributed by atoms with E-state index in [0.29, 0.717) is 53.9 Å². The first kappa shape index (κ1) is 24.2. The lowest BCUT2D eigenvalue weighted by Crippen LogP contribution is -2.37. The van der Waals surface area contributed by atoms with Crippen LogP contribution in [-0.4, -0.2) is 53.3 Å². The molecule has 1 aliphatic rings. The van der Waals surface area contributed by atoms with Gasteiger partial charge in [-0.05, 0) is 36.4 Å². The maximum absolute atomic E-state index is 13.3. The monoisotopic (exact) mass is 522 g/mol. The number of benzene rings is 1. The van der Waals surface area contributed by atoms with Gasteiger partial charge in [0.2, 0.25) is 11.8 Å². The van der Waals surface area contributed by atoms with E-state index >= 15 is 0 Å². The van der Waals surface area contributed by atoms with Crippen LogP contribution in [0, 0.1) is 0 Å². The Morgan fingerprint density at radius 2 is 2.06 bits per heavy atom. The molecule has 1 unspecified atom stereocenters. The largest absolute Gasteiger partial charge is 0.454 e. The van der Waals surface area contributed by atoms with Gasteiger partial charge in [-0.1, -0.05) is 24.3 Å². The van der Waals surface area contributed by atoms with Gasteiger partial charge >= 0.3 is 0 Å². The van der Waals surface area contributed by atoms with E-state index in [2.05, 4.69) is 5.32 Å². The third-order valence-corrected chi connectivity index (χ3v) is 7.82. The second kappa shape index (κ2) is 10.6. The number of nitrogens with one attached hydrogen (secondary N) is 1. The summed E-state index contributed by atoms with van der Waals surface area (Å²) in [6.07, 6.45) is 1.59. The lowest BCUT2D eigenvalue weighted by Gasteiger charge is -2.20. The predicted octanol–water partition coefficient (Wildman–Crippen LogP) is 4.78. The molecule has 4 aromatic rings. The van der Waals surface area contributed by atoms with Gasteiger partial charge < -0.3 is 14.6 Å². The quantitative estimate of drug-likeness (QED) is 0.359. The first-order valence-electron chi connectivity index (χ1n) is 11.8. The Hall–Kier alpha value is -3.50. The Morgan fingerprint density at radius 1 is 1.19 bits per heavy atom. The van der Waals surface area contributed by atoms with Gasteiger partial charge in [-0.25, -0.2) is 4.98 Å². The number of fused-ring (bicyclic) bond motifs is 1. The minimum Gasteiger partial charge on any atom is -0.454 e. The fraction of sp³-hybridized carbons (Fsp3) is 0.308. The van der Waals surface area contributed by atoms with Gasteiger partial charge in [-0.2, -0.15) is 0 Å². The first-order chi connectivity index (χ1) is 17.5. The molecule has 0 spiro atoms. The van der Waals surface area contributed by atoms with E-state index in [1.165, 1.54) is 29.6 Å². The molecule has 1 aromatic carbocycles. The van der Waals surface area contributed by atoms with E-state index in [-0.39, 0.29) is 23.8 Å². The highest BCUT2D eigenvalue weighted by Gasteiger charge is 2.27. The van der Waals surface area contributed by atoms with E-state index in [4.69, 9.17) is 9.40 Å². The first-order valence-corrected chi connectivity index (χ1v) is 13.6. The number of amides is 3. The number of carbonyl (C=O) groups is 3. The van der Waals surface area contributed by atoms with E-state index in [0.717, 1.165) is 17.4 Å². The van der Waals surface area contributed by atoms with Gasteiger partial charge in [0.1, 0.15) is 11.3 Å². The summed E-state index contributed by atoms with van der Waals surface area (Å²) in [5, 5.41) is 8.20. The molecular formula is C26H26N4O4S2. The molecule has 3 aromatic heterocycles. The highest BCUT2D eigenvalue weighted by Crippen LogP contribution is 2.32. The highest BCUT2D eigenvalue weighted by molar-refractivity contribution is 7.14. The smallest absolute Gasteiger partial charge is 0.270 e. The number of likely N-dealkylation sites (tertiary alicyclic amines) is 1. The fourth-order valence-corrected chi connectivity index (χ4v) is 5.88. The summed E-state index contributed by atoms with van der Waals surface area (Å²) in [7, 11) is 0. The molecule has 8 nitrogen and oxygen atoms in total. The topological polar surface area (TPSA) is 95.8 Å². The second-order valence-corrected chi connectivity index (χ2v) is 10.5. The fourth-order valence-electron chi connectivity index (χ4n) is 4.37. The standard InChI is InChI=1S/C26H26N4O4S2/c1-17(31)27-19-10-12-29(15-19)24(32)9-4-11-30(25(33)23-8-5-13-35-23)26-28-20(16-36-26)22-14-18-6-2-3-7-21(18)34-22/h2-3,5-8,13-14,16,19H,4,9-12,15H2,1H3,(H,27,31). The van der Waals surface area contributed by atoms with Gasteiger partial charge in [0.05, 0.1) is 4.88 Å². The zero-order chi connectivity index (χ0) is 25.1. The zero-order valence-electron chi connectivity index (χ0n) is 19.8. The molecule has 5 rings (SSSR count). The number of anilines is 1. The van der Waals surface area contributed by atoms with Crippen molar-refractivity contribution in [2.45, 2.75) is 32.2 Å². The number of thiazole rings is 1. The zero-order valence-corrected chi connectivity index (χ0v) is 21.4. The SMILES string of the molecule is CC(=O)NC1CCN(C(=O)CCCN(C(=O)c2cccs2)c2nc(-c3cc4ccccc4o3)cs2)C1. The molecule has 1 atom stereocenters. The van der Waals surface area contributed by atoms with Crippen molar-refractivity contribution in [1.29, 1.82) is 0 Å². The summed E-state index contributed by atoms with van der Waals surface area (Å²) in [5.41, 5.74) is 1.46. The number of hydrogen-bond donors (Lipinski definition) is 1. The van der Waals surface area contributed by atoms with Gasteiger partial charge in [-0.3, -0.25) is 19.3 Å². The van der Waals surface area contributed by atoms with Crippen LogP contribution in [0.15, 0.2) is 57.6 Å². The van der Waals surface area contributed by atoms with Crippen molar-refractivity contribution in [3.8, 4) is 11.5 Å². The number of hydrogen-bond acceptors (Lipinski definition) is 7. The summed E-state index contributed by atoms with van der Waals surface area (Å²) >= 11 is 2.76.